The van der Waals surface area contributed by atoms with Gasteiger partial charge in [-0.05, 0) is 35.7 Å². The summed E-state index contributed by atoms with van der Waals surface area (Å²) in [7, 11) is -3.62. The summed E-state index contributed by atoms with van der Waals surface area (Å²) < 4.78 is 28.5. The van der Waals surface area contributed by atoms with Crippen LogP contribution in [0.5, 0.6) is 0 Å². The third-order valence-corrected chi connectivity index (χ3v) is 6.23. The second-order valence-electron chi connectivity index (χ2n) is 6.38. The van der Waals surface area contributed by atoms with Crippen molar-refractivity contribution in [3.05, 3.63) is 105 Å². The Hall–Kier alpha value is -1.85. The number of sulfonamides is 1. The van der Waals surface area contributed by atoms with Crippen LogP contribution in [-0.2, 0) is 15.8 Å². The van der Waals surface area contributed by atoms with Gasteiger partial charge in [0, 0.05) is 0 Å². The summed E-state index contributed by atoms with van der Waals surface area (Å²) in [6.07, 6.45) is 0. The molecule has 1 atom stereocenters. The minimum Gasteiger partial charge on any atom is -0.212 e. The van der Waals surface area contributed by atoms with Crippen molar-refractivity contribution in [2.75, 3.05) is 0 Å². The molecule has 1 unspecified atom stereocenters. The molecule has 6 heteroatoms. The first-order valence-electron chi connectivity index (χ1n) is 8.39. The Morgan fingerprint density at radius 2 is 1.48 bits per heavy atom. The van der Waals surface area contributed by atoms with Gasteiger partial charge in [0.15, 0.2) is 0 Å². The summed E-state index contributed by atoms with van der Waals surface area (Å²) in [5, 5.41) is 0.732. The molecular formula is C21H19Cl2NO2S. The van der Waals surface area contributed by atoms with Gasteiger partial charge in [0.2, 0.25) is 10.0 Å². The average molecular weight is 420 g/mol. The number of hydrogen-bond donors (Lipinski definition) is 1. The fourth-order valence-electron chi connectivity index (χ4n) is 2.80. The SMILES string of the molecule is Cc1ccc(C(NS(=O)(=O)Cc2ccc(Cl)c(Cl)c2)c2ccccc2)cc1. The average Bonchev–Trinajstić information content (AvgIpc) is 2.64. The van der Waals surface area contributed by atoms with Crippen molar-refractivity contribution in [2.45, 2.75) is 18.7 Å². The van der Waals surface area contributed by atoms with Crippen LogP contribution in [0.1, 0.15) is 28.3 Å². The van der Waals surface area contributed by atoms with Gasteiger partial charge < -0.3 is 0 Å². The lowest BCUT2D eigenvalue weighted by atomic mass is 9.99. The zero-order chi connectivity index (χ0) is 19.4. The van der Waals surface area contributed by atoms with Crippen molar-refractivity contribution < 1.29 is 8.42 Å². The Balaban J connectivity index is 1.90. The van der Waals surface area contributed by atoms with Gasteiger partial charge in [-0.1, -0.05) is 89.4 Å². The van der Waals surface area contributed by atoms with Crippen LogP contribution in [0, 0.1) is 6.92 Å². The van der Waals surface area contributed by atoms with Crippen LogP contribution in [0.25, 0.3) is 0 Å². The molecule has 0 spiro atoms. The fourth-order valence-corrected chi connectivity index (χ4v) is 4.46. The van der Waals surface area contributed by atoms with Crippen LogP contribution in [0.3, 0.4) is 0 Å². The number of halogens is 2. The van der Waals surface area contributed by atoms with E-state index >= 15 is 0 Å². The first-order chi connectivity index (χ1) is 12.8. The predicted octanol–water partition coefficient (Wildman–Crippen LogP) is 5.51. The zero-order valence-electron chi connectivity index (χ0n) is 14.7. The number of benzene rings is 3. The van der Waals surface area contributed by atoms with Crippen molar-refractivity contribution in [1.29, 1.82) is 0 Å². The molecule has 0 fully saturated rings. The smallest absolute Gasteiger partial charge is 0.212 e. The second-order valence-corrected chi connectivity index (χ2v) is 8.95. The highest BCUT2D eigenvalue weighted by molar-refractivity contribution is 7.88. The molecule has 0 amide bonds. The van der Waals surface area contributed by atoms with E-state index in [1.165, 1.54) is 0 Å². The van der Waals surface area contributed by atoms with Gasteiger partial charge in [-0.25, -0.2) is 13.1 Å². The van der Waals surface area contributed by atoms with Crippen molar-refractivity contribution in [1.82, 2.24) is 4.72 Å². The van der Waals surface area contributed by atoms with Gasteiger partial charge >= 0.3 is 0 Å². The van der Waals surface area contributed by atoms with Crippen molar-refractivity contribution in [3.8, 4) is 0 Å². The maximum Gasteiger partial charge on any atom is 0.216 e. The van der Waals surface area contributed by atoms with Crippen LogP contribution in [-0.4, -0.2) is 8.42 Å². The Morgan fingerprint density at radius 1 is 0.852 bits per heavy atom. The molecule has 0 aliphatic heterocycles. The molecular weight excluding hydrogens is 401 g/mol. The normalized spacial score (nSPS) is 12.7. The number of nitrogens with one attached hydrogen (secondary N) is 1. The second kappa shape index (κ2) is 8.44. The largest absolute Gasteiger partial charge is 0.216 e. The minimum absolute atomic E-state index is 0.181. The van der Waals surface area contributed by atoms with Gasteiger partial charge in [-0.3, -0.25) is 0 Å². The molecule has 0 heterocycles. The lowest BCUT2D eigenvalue weighted by Gasteiger charge is -2.20. The molecule has 140 valence electrons. The van der Waals surface area contributed by atoms with Crippen molar-refractivity contribution >= 4 is 33.2 Å². The van der Waals surface area contributed by atoms with Crippen LogP contribution in [0.15, 0.2) is 72.8 Å². The third-order valence-electron chi connectivity index (χ3n) is 4.18. The van der Waals surface area contributed by atoms with Gasteiger partial charge in [-0.2, -0.15) is 0 Å². The highest BCUT2D eigenvalue weighted by Gasteiger charge is 2.22. The van der Waals surface area contributed by atoms with Gasteiger partial charge in [-0.15, -0.1) is 0 Å². The van der Waals surface area contributed by atoms with Crippen molar-refractivity contribution in [3.63, 3.8) is 0 Å². The molecule has 3 rings (SSSR count). The lowest BCUT2D eigenvalue weighted by molar-refractivity contribution is 0.571. The number of rotatable bonds is 6. The van der Waals surface area contributed by atoms with Crippen molar-refractivity contribution in [2.24, 2.45) is 0 Å². The molecule has 3 aromatic rings. The summed E-state index contributed by atoms with van der Waals surface area (Å²) in [5.74, 6) is -0.181. The molecule has 0 radical (unpaired) electrons. The van der Waals surface area contributed by atoms with Crippen LogP contribution in [0.2, 0.25) is 10.0 Å². The Morgan fingerprint density at radius 3 is 2.11 bits per heavy atom. The molecule has 0 saturated heterocycles. The highest BCUT2D eigenvalue weighted by Crippen LogP contribution is 2.26. The topological polar surface area (TPSA) is 46.2 Å². The molecule has 0 aliphatic rings. The summed E-state index contributed by atoms with van der Waals surface area (Å²) in [4.78, 5) is 0. The molecule has 1 N–H and O–H groups in total. The summed E-state index contributed by atoms with van der Waals surface area (Å²) in [6.45, 7) is 2.00. The maximum absolute atomic E-state index is 12.8. The molecule has 3 nitrogen and oxygen atoms in total. The molecule has 0 saturated carbocycles. The predicted molar refractivity (Wildman–Crippen MR) is 112 cm³/mol. The van der Waals surface area contributed by atoms with Crippen LogP contribution in [0.4, 0.5) is 0 Å². The van der Waals surface area contributed by atoms with E-state index in [-0.39, 0.29) is 5.75 Å². The highest BCUT2D eigenvalue weighted by atomic mass is 35.5. The fraction of sp³-hybridized carbons (Fsp3) is 0.143. The Labute approximate surface area is 170 Å². The zero-order valence-corrected chi connectivity index (χ0v) is 17.0. The Bertz CT molecular complexity index is 1020. The molecule has 3 aromatic carbocycles. The number of aryl methyl sites for hydroxylation is 1. The van der Waals surface area contributed by atoms with Crippen LogP contribution >= 0.6 is 23.2 Å². The summed E-state index contributed by atoms with van der Waals surface area (Å²) >= 11 is 11.9. The standard InChI is InChI=1S/C21H19Cl2NO2S/c1-15-7-10-18(11-8-15)21(17-5-3-2-4-6-17)24-27(25,26)14-16-9-12-19(22)20(23)13-16/h2-13,21,24H,14H2,1H3. The monoisotopic (exact) mass is 419 g/mol. The van der Waals surface area contributed by atoms with Gasteiger partial charge in [0.05, 0.1) is 21.8 Å². The molecule has 0 bridgehead atoms. The van der Waals surface area contributed by atoms with E-state index in [1.807, 2.05) is 61.5 Å². The van der Waals surface area contributed by atoms with E-state index in [0.29, 0.717) is 15.6 Å². The first-order valence-corrected chi connectivity index (χ1v) is 10.8. The van der Waals surface area contributed by atoms with Gasteiger partial charge in [0.1, 0.15) is 0 Å². The molecule has 27 heavy (non-hydrogen) atoms. The number of hydrogen-bond acceptors (Lipinski definition) is 2. The molecule has 0 aliphatic carbocycles. The van der Waals surface area contributed by atoms with E-state index in [1.54, 1.807) is 18.2 Å². The van der Waals surface area contributed by atoms with E-state index in [4.69, 9.17) is 23.2 Å². The van der Waals surface area contributed by atoms with E-state index in [2.05, 4.69) is 4.72 Å². The summed E-state index contributed by atoms with van der Waals surface area (Å²) in [6, 6.07) is 21.7. The minimum atomic E-state index is -3.62. The van der Waals surface area contributed by atoms with E-state index < -0.39 is 16.1 Å². The Kier molecular flexibility index (Phi) is 6.22. The van der Waals surface area contributed by atoms with Crippen LogP contribution < -0.4 is 4.72 Å². The van der Waals surface area contributed by atoms with Gasteiger partial charge in [0.25, 0.3) is 0 Å². The third kappa shape index (κ3) is 5.33. The van der Waals surface area contributed by atoms with E-state index in [9.17, 15) is 8.42 Å². The maximum atomic E-state index is 12.8. The quantitative estimate of drug-likeness (QED) is 0.572. The molecule has 0 aromatic heterocycles. The van der Waals surface area contributed by atoms with E-state index in [0.717, 1.165) is 16.7 Å². The summed E-state index contributed by atoms with van der Waals surface area (Å²) in [5.41, 5.74) is 3.44. The first kappa shape index (κ1) is 19.9. The lowest BCUT2D eigenvalue weighted by Crippen LogP contribution is -2.30.